The Kier molecular flexibility index (Phi) is 6.41. The average Bonchev–Trinajstić information content (AvgIpc) is 2.35. The highest BCUT2D eigenvalue weighted by Crippen LogP contribution is 2.25. The summed E-state index contributed by atoms with van der Waals surface area (Å²) in [5, 5.41) is 12.0. The number of carbonyl (C=O) groups excluding carboxylic acids is 1. The fourth-order valence-corrected chi connectivity index (χ4v) is 2.76. The van der Waals surface area contributed by atoms with E-state index >= 15 is 0 Å². The monoisotopic (exact) mass is 419 g/mol. The van der Waals surface area contributed by atoms with Crippen LogP contribution >= 0.6 is 31.9 Å². The van der Waals surface area contributed by atoms with Crippen LogP contribution in [-0.2, 0) is 4.79 Å². The van der Waals surface area contributed by atoms with Crippen LogP contribution in [0.25, 0.3) is 0 Å². The first-order valence-corrected chi connectivity index (χ1v) is 8.15. The lowest BCUT2D eigenvalue weighted by Crippen LogP contribution is -2.35. The standard InChI is InChI=1S/C15H19Br2NO3/c1-15(2,3)7-9(14(20)21)8-18-13(19)11-6-10(16)4-5-12(11)17/h4-6,9H,7-8H2,1-3H3,(H,18,19)(H,20,21). The predicted octanol–water partition coefficient (Wildman–Crippen LogP) is 4.08. The summed E-state index contributed by atoms with van der Waals surface area (Å²) in [6, 6.07) is 5.28. The third kappa shape index (κ3) is 6.18. The lowest BCUT2D eigenvalue weighted by atomic mass is 9.84. The summed E-state index contributed by atoms with van der Waals surface area (Å²) in [4.78, 5) is 23.4. The molecule has 0 aliphatic rings. The third-order valence-electron chi connectivity index (χ3n) is 2.89. The number of halogens is 2. The Morgan fingerprint density at radius 2 is 1.90 bits per heavy atom. The van der Waals surface area contributed by atoms with E-state index in [1.54, 1.807) is 12.1 Å². The van der Waals surface area contributed by atoms with Gasteiger partial charge < -0.3 is 10.4 Å². The molecule has 0 radical (unpaired) electrons. The second kappa shape index (κ2) is 7.40. The first-order valence-electron chi connectivity index (χ1n) is 6.56. The minimum Gasteiger partial charge on any atom is -0.481 e. The molecule has 0 saturated heterocycles. The number of benzene rings is 1. The molecule has 1 aromatic rings. The number of rotatable bonds is 5. The zero-order valence-corrected chi connectivity index (χ0v) is 15.4. The molecule has 0 aromatic heterocycles. The van der Waals surface area contributed by atoms with Crippen molar-refractivity contribution >= 4 is 43.7 Å². The van der Waals surface area contributed by atoms with E-state index in [2.05, 4.69) is 37.2 Å². The zero-order valence-electron chi connectivity index (χ0n) is 12.2. The molecule has 4 nitrogen and oxygen atoms in total. The summed E-state index contributed by atoms with van der Waals surface area (Å²) in [5.74, 6) is -1.78. The number of carbonyl (C=O) groups is 2. The Labute approximate surface area is 141 Å². The van der Waals surface area contributed by atoms with Crippen molar-refractivity contribution in [2.75, 3.05) is 6.54 Å². The Hall–Kier alpha value is -0.880. The number of nitrogens with one attached hydrogen (secondary N) is 1. The molecule has 6 heteroatoms. The van der Waals surface area contributed by atoms with Crippen molar-refractivity contribution < 1.29 is 14.7 Å². The Balaban J connectivity index is 2.74. The molecule has 0 fully saturated rings. The molecule has 0 saturated carbocycles. The van der Waals surface area contributed by atoms with Gasteiger partial charge in [0, 0.05) is 15.5 Å². The normalized spacial score (nSPS) is 12.8. The van der Waals surface area contributed by atoms with Crippen LogP contribution in [0.4, 0.5) is 0 Å². The summed E-state index contributed by atoms with van der Waals surface area (Å²) in [5.41, 5.74) is 0.369. The van der Waals surface area contributed by atoms with Gasteiger partial charge in [-0.05, 0) is 46.0 Å². The molecule has 116 valence electrons. The molecule has 2 N–H and O–H groups in total. The smallest absolute Gasteiger partial charge is 0.308 e. The van der Waals surface area contributed by atoms with E-state index in [0.29, 0.717) is 16.5 Å². The minimum absolute atomic E-state index is 0.107. The molecule has 0 aliphatic heterocycles. The maximum Gasteiger partial charge on any atom is 0.308 e. The SMILES string of the molecule is CC(C)(C)CC(CNC(=O)c1cc(Br)ccc1Br)C(=O)O. The molecule has 0 bridgehead atoms. The molecule has 0 spiro atoms. The Morgan fingerprint density at radius 3 is 2.43 bits per heavy atom. The van der Waals surface area contributed by atoms with Crippen molar-refractivity contribution in [2.45, 2.75) is 27.2 Å². The van der Waals surface area contributed by atoms with E-state index in [1.807, 2.05) is 26.8 Å². The quantitative estimate of drug-likeness (QED) is 0.754. The van der Waals surface area contributed by atoms with E-state index in [-0.39, 0.29) is 17.9 Å². The highest BCUT2D eigenvalue weighted by molar-refractivity contribution is 9.11. The van der Waals surface area contributed by atoms with Crippen LogP contribution in [0.3, 0.4) is 0 Å². The van der Waals surface area contributed by atoms with Crippen LogP contribution in [0.2, 0.25) is 0 Å². The van der Waals surface area contributed by atoms with Crippen LogP contribution in [0.15, 0.2) is 27.1 Å². The van der Waals surface area contributed by atoms with E-state index < -0.39 is 11.9 Å². The van der Waals surface area contributed by atoms with Gasteiger partial charge in [0.25, 0.3) is 5.91 Å². The van der Waals surface area contributed by atoms with Gasteiger partial charge in [-0.2, -0.15) is 0 Å². The summed E-state index contributed by atoms with van der Waals surface area (Å²) >= 11 is 6.63. The van der Waals surface area contributed by atoms with E-state index in [0.717, 1.165) is 4.47 Å². The van der Waals surface area contributed by atoms with Crippen molar-refractivity contribution in [1.29, 1.82) is 0 Å². The maximum atomic E-state index is 12.2. The second-order valence-electron chi connectivity index (χ2n) is 6.13. The van der Waals surface area contributed by atoms with Gasteiger partial charge in [0.2, 0.25) is 0 Å². The van der Waals surface area contributed by atoms with Crippen molar-refractivity contribution in [3.8, 4) is 0 Å². The van der Waals surface area contributed by atoms with E-state index in [1.165, 1.54) is 0 Å². The van der Waals surface area contributed by atoms with Crippen LogP contribution < -0.4 is 5.32 Å². The van der Waals surface area contributed by atoms with Gasteiger partial charge >= 0.3 is 5.97 Å². The zero-order chi connectivity index (χ0) is 16.2. The lowest BCUT2D eigenvalue weighted by Gasteiger charge is -2.23. The molecule has 1 unspecified atom stereocenters. The topological polar surface area (TPSA) is 66.4 Å². The number of hydrogen-bond donors (Lipinski definition) is 2. The molecule has 0 heterocycles. The van der Waals surface area contributed by atoms with Crippen molar-refractivity contribution in [3.05, 3.63) is 32.7 Å². The van der Waals surface area contributed by atoms with Crippen LogP contribution in [0.5, 0.6) is 0 Å². The van der Waals surface area contributed by atoms with Gasteiger partial charge in [-0.25, -0.2) is 0 Å². The van der Waals surface area contributed by atoms with Gasteiger partial charge in [0.15, 0.2) is 0 Å². The highest BCUT2D eigenvalue weighted by Gasteiger charge is 2.25. The fraction of sp³-hybridized carbons (Fsp3) is 0.467. The Morgan fingerprint density at radius 1 is 1.29 bits per heavy atom. The Bertz CT molecular complexity index is 538. The van der Waals surface area contributed by atoms with Gasteiger partial charge in [0.05, 0.1) is 11.5 Å². The van der Waals surface area contributed by atoms with Crippen molar-refractivity contribution in [1.82, 2.24) is 5.32 Å². The summed E-state index contributed by atoms with van der Waals surface area (Å²) in [6.07, 6.45) is 0.502. The number of carboxylic acids is 1. The van der Waals surface area contributed by atoms with Crippen LogP contribution in [0.1, 0.15) is 37.6 Å². The summed E-state index contributed by atoms with van der Waals surface area (Å²) in [6.45, 7) is 6.06. The van der Waals surface area contributed by atoms with Gasteiger partial charge in [-0.1, -0.05) is 36.7 Å². The first-order chi connectivity index (χ1) is 9.60. The summed E-state index contributed by atoms with van der Waals surface area (Å²) in [7, 11) is 0. The van der Waals surface area contributed by atoms with E-state index in [9.17, 15) is 14.7 Å². The molecule has 0 aliphatic carbocycles. The molecule has 1 atom stereocenters. The number of hydrogen-bond acceptors (Lipinski definition) is 2. The first kappa shape index (κ1) is 18.2. The molecular formula is C15H19Br2NO3. The average molecular weight is 421 g/mol. The maximum absolute atomic E-state index is 12.2. The van der Waals surface area contributed by atoms with Crippen LogP contribution in [-0.4, -0.2) is 23.5 Å². The molecule has 21 heavy (non-hydrogen) atoms. The predicted molar refractivity (Wildman–Crippen MR) is 89.4 cm³/mol. The third-order valence-corrected chi connectivity index (χ3v) is 4.07. The number of amides is 1. The fourth-order valence-electron chi connectivity index (χ4n) is 1.97. The molecule has 1 rings (SSSR count). The second-order valence-corrected chi connectivity index (χ2v) is 7.90. The van der Waals surface area contributed by atoms with Crippen molar-refractivity contribution in [3.63, 3.8) is 0 Å². The molecule has 1 aromatic carbocycles. The molecule has 1 amide bonds. The lowest BCUT2D eigenvalue weighted by molar-refractivity contribution is -0.142. The molecular weight excluding hydrogens is 402 g/mol. The number of aliphatic carboxylic acids is 1. The van der Waals surface area contributed by atoms with Crippen molar-refractivity contribution in [2.24, 2.45) is 11.3 Å². The summed E-state index contributed by atoms with van der Waals surface area (Å²) < 4.78 is 1.46. The van der Waals surface area contributed by atoms with Gasteiger partial charge in [-0.15, -0.1) is 0 Å². The van der Waals surface area contributed by atoms with Gasteiger partial charge in [0.1, 0.15) is 0 Å². The van der Waals surface area contributed by atoms with Gasteiger partial charge in [-0.3, -0.25) is 9.59 Å². The van der Waals surface area contributed by atoms with E-state index in [4.69, 9.17) is 0 Å². The van der Waals surface area contributed by atoms with Crippen LogP contribution in [0, 0.1) is 11.3 Å². The highest BCUT2D eigenvalue weighted by atomic mass is 79.9. The number of carboxylic acid groups (broad SMARTS) is 1. The largest absolute Gasteiger partial charge is 0.481 e. The minimum atomic E-state index is -0.890.